The van der Waals surface area contributed by atoms with E-state index in [1.165, 1.54) is 0 Å². The quantitative estimate of drug-likeness (QED) is 0.889. The maximum atomic E-state index is 12.3. The minimum absolute atomic E-state index is 0.0549. The fourth-order valence-corrected chi connectivity index (χ4v) is 2.90. The molecule has 2 aromatic rings. The number of rotatable bonds is 6. The molecule has 5 heteroatoms. The van der Waals surface area contributed by atoms with E-state index in [-0.39, 0.29) is 11.8 Å². The zero-order valence-electron chi connectivity index (χ0n) is 13.5. The largest absolute Gasteiger partial charge is 0.444 e. The van der Waals surface area contributed by atoms with Crippen molar-refractivity contribution in [2.75, 3.05) is 13.1 Å². The van der Waals surface area contributed by atoms with Gasteiger partial charge >= 0.3 is 0 Å². The summed E-state index contributed by atoms with van der Waals surface area (Å²) in [5, 5.41) is 3.03. The second-order valence-corrected chi connectivity index (χ2v) is 6.00. The highest BCUT2D eigenvalue weighted by molar-refractivity contribution is 5.79. The molecule has 1 aromatic carbocycles. The molecule has 0 saturated carbocycles. The first-order valence-electron chi connectivity index (χ1n) is 8.22. The van der Waals surface area contributed by atoms with Crippen molar-refractivity contribution in [3.63, 3.8) is 0 Å². The summed E-state index contributed by atoms with van der Waals surface area (Å²) in [5.74, 6) is 1.85. The minimum atomic E-state index is 0.0549. The average Bonchev–Trinajstić information content (AvgIpc) is 3.23. The summed E-state index contributed by atoms with van der Waals surface area (Å²) in [6.45, 7) is 5.00. The van der Waals surface area contributed by atoms with Crippen molar-refractivity contribution in [2.45, 2.75) is 32.9 Å². The highest BCUT2D eigenvalue weighted by atomic mass is 16.4. The van der Waals surface area contributed by atoms with Crippen molar-refractivity contribution in [1.82, 2.24) is 15.2 Å². The number of likely N-dealkylation sites (tertiary alicyclic amines) is 1. The van der Waals surface area contributed by atoms with Crippen molar-refractivity contribution < 1.29 is 9.21 Å². The molecule has 2 heterocycles. The van der Waals surface area contributed by atoms with E-state index in [1.54, 1.807) is 6.20 Å². The monoisotopic (exact) mass is 313 g/mol. The molecule has 1 aliphatic rings. The van der Waals surface area contributed by atoms with E-state index in [0.717, 1.165) is 43.1 Å². The molecular formula is C18H23N3O2. The molecule has 0 aliphatic carbocycles. The molecule has 122 valence electrons. The molecule has 5 nitrogen and oxygen atoms in total. The van der Waals surface area contributed by atoms with E-state index >= 15 is 0 Å². The second kappa shape index (κ2) is 7.42. The minimum Gasteiger partial charge on any atom is -0.444 e. The highest BCUT2D eigenvalue weighted by Crippen LogP contribution is 2.19. The zero-order valence-corrected chi connectivity index (χ0v) is 13.5. The van der Waals surface area contributed by atoms with Crippen LogP contribution in [0.15, 0.2) is 40.9 Å². The number of hydrogen-bond donors (Lipinski definition) is 1. The Hall–Kier alpha value is -2.14. The normalized spacial score (nSPS) is 18.2. The average molecular weight is 313 g/mol. The zero-order chi connectivity index (χ0) is 16.1. The molecule has 0 bridgehead atoms. The smallest absolute Gasteiger partial charge is 0.224 e. The third kappa shape index (κ3) is 4.20. The van der Waals surface area contributed by atoms with Crippen LogP contribution in [0.4, 0.5) is 0 Å². The number of hydrogen-bond acceptors (Lipinski definition) is 4. The SMILES string of the molecule is CCc1cnc(CN2CCC(C(=O)NCc3ccccc3)C2)o1. The summed E-state index contributed by atoms with van der Waals surface area (Å²) < 4.78 is 5.64. The van der Waals surface area contributed by atoms with E-state index in [9.17, 15) is 4.79 Å². The number of oxazole rings is 1. The third-order valence-electron chi connectivity index (χ3n) is 4.26. The van der Waals surface area contributed by atoms with Gasteiger partial charge in [-0.05, 0) is 18.5 Å². The van der Waals surface area contributed by atoms with Crippen LogP contribution >= 0.6 is 0 Å². The molecular weight excluding hydrogens is 290 g/mol. The number of aryl methyl sites for hydroxylation is 1. The lowest BCUT2D eigenvalue weighted by atomic mass is 10.1. The lowest BCUT2D eigenvalue weighted by Gasteiger charge is -2.14. The molecule has 3 rings (SSSR count). The summed E-state index contributed by atoms with van der Waals surface area (Å²) in [6, 6.07) is 10.00. The number of amides is 1. The van der Waals surface area contributed by atoms with Gasteiger partial charge in [0.25, 0.3) is 0 Å². The standard InChI is InChI=1S/C18H23N3O2/c1-2-16-11-19-17(23-16)13-21-9-8-15(12-21)18(22)20-10-14-6-4-3-5-7-14/h3-7,11,15H,2,8-10,12-13H2,1H3,(H,20,22). The number of nitrogens with zero attached hydrogens (tertiary/aromatic N) is 2. The predicted octanol–water partition coefficient (Wildman–Crippen LogP) is 2.38. The molecule has 23 heavy (non-hydrogen) atoms. The molecule has 1 N–H and O–H groups in total. The van der Waals surface area contributed by atoms with Gasteiger partial charge in [0.2, 0.25) is 11.8 Å². The summed E-state index contributed by atoms with van der Waals surface area (Å²) in [4.78, 5) is 18.8. The van der Waals surface area contributed by atoms with Gasteiger partial charge in [-0.15, -0.1) is 0 Å². The maximum absolute atomic E-state index is 12.3. The van der Waals surface area contributed by atoms with Crippen LogP contribution in [-0.4, -0.2) is 28.9 Å². The van der Waals surface area contributed by atoms with Crippen LogP contribution in [0, 0.1) is 5.92 Å². The van der Waals surface area contributed by atoms with Crippen LogP contribution in [0.5, 0.6) is 0 Å². The first kappa shape index (κ1) is 15.7. The lowest BCUT2D eigenvalue weighted by molar-refractivity contribution is -0.124. The van der Waals surface area contributed by atoms with Crippen LogP contribution in [0.2, 0.25) is 0 Å². The van der Waals surface area contributed by atoms with Gasteiger partial charge in [0.15, 0.2) is 0 Å². The Morgan fingerprint density at radius 1 is 1.39 bits per heavy atom. The molecule has 0 radical (unpaired) electrons. The third-order valence-corrected chi connectivity index (χ3v) is 4.26. The topological polar surface area (TPSA) is 58.4 Å². The van der Waals surface area contributed by atoms with Crippen LogP contribution < -0.4 is 5.32 Å². The van der Waals surface area contributed by atoms with Crippen LogP contribution in [0.1, 0.15) is 30.6 Å². The fraction of sp³-hybridized carbons (Fsp3) is 0.444. The molecule has 1 atom stereocenters. The van der Waals surface area contributed by atoms with Gasteiger partial charge < -0.3 is 9.73 Å². The van der Waals surface area contributed by atoms with E-state index < -0.39 is 0 Å². The number of benzene rings is 1. The molecule has 1 unspecified atom stereocenters. The molecule has 1 amide bonds. The van der Waals surface area contributed by atoms with Gasteiger partial charge in [-0.1, -0.05) is 37.3 Å². The first-order valence-corrected chi connectivity index (χ1v) is 8.22. The Labute approximate surface area is 136 Å². The van der Waals surface area contributed by atoms with Gasteiger partial charge in [-0.2, -0.15) is 0 Å². The van der Waals surface area contributed by atoms with E-state index in [4.69, 9.17) is 4.42 Å². The lowest BCUT2D eigenvalue weighted by Crippen LogP contribution is -2.32. The summed E-state index contributed by atoms with van der Waals surface area (Å²) in [5.41, 5.74) is 1.13. The Morgan fingerprint density at radius 3 is 2.96 bits per heavy atom. The van der Waals surface area contributed by atoms with Crippen molar-refractivity contribution >= 4 is 5.91 Å². The van der Waals surface area contributed by atoms with Gasteiger partial charge in [0.05, 0.1) is 18.7 Å². The first-order chi connectivity index (χ1) is 11.2. The summed E-state index contributed by atoms with van der Waals surface area (Å²) >= 11 is 0. The number of aromatic nitrogens is 1. The van der Waals surface area contributed by atoms with Crippen LogP contribution in [-0.2, 0) is 24.3 Å². The highest BCUT2D eigenvalue weighted by Gasteiger charge is 2.28. The van der Waals surface area contributed by atoms with E-state index in [1.807, 2.05) is 37.3 Å². The Balaban J connectivity index is 1.46. The van der Waals surface area contributed by atoms with Crippen molar-refractivity contribution in [2.24, 2.45) is 5.92 Å². The van der Waals surface area contributed by atoms with E-state index in [0.29, 0.717) is 13.1 Å². The van der Waals surface area contributed by atoms with Gasteiger partial charge in [-0.25, -0.2) is 4.98 Å². The molecule has 1 saturated heterocycles. The van der Waals surface area contributed by atoms with Crippen LogP contribution in [0.25, 0.3) is 0 Å². The predicted molar refractivity (Wildman–Crippen MR) is 87.6 cm³/mol. The number of carbonyl (C=O) groups excluding carboxylic acids is 1. The van der Waals surface area contributed by atoms with E-state index in [2.05, 4.69) is 15.2 Å². The van der Waals surface area contributed by atoms with Crippen molar-refractivity contribution in [3.05, 3.63) is 53.7 Å². The Kier molecular flexibility index (Phi) is 5.08. The number of nitrogens with one attached hydrogen (secondary N) is 1. The molecule has 1 aromatic heterocycles. The Bertz CT molecular complexity index is 639. The van der Waals surface area contributed by atoms with Crippen molar-refractivity contribution in [3.8, 4) is 0 Å². The van der Waals surface area contributed by atoms with Gasteiger partial charge in [-0.3, -0.25) is 9.69 Å². The molecule has 1 fully saturated rings. The molecule has 1 aliphatic heterocycles. The summed E-state index contributed by atoms with van der Waals surface area (Å²) in [6.07, 6.45) is 3.54. The Morgan fingerprint density at radius 2 is 2.22 bits per heavy atom. The maximum Gasteiger partial charge on any atom is 0.224 e. The van der Waals surface area contributed by atoms with Crippen LogP contribution in [0.3, 0.4) is 0 Å². The van der Waals surface area contributed by atoms with Gasteiger partial charge in [0.1, 0.15) is 5.76 Å². The molecule has 0 spiro atoms. The second-order valence-electron chi connectivity index (χ2n) is 6.00. The summed E-state index contributed by atoms with van der Waals surface area (Å²) in [7, 11) is 0. The van der Waals surface area contributed by atoms with Gasteiger partial charge in [0, 0.05) is 19.5 Å². The fourth-order valence-electron chi connectivity index (χ4n) is 2.90. The van der Waals surface area contributed by atoms with Crippen molar-refractivity contribution in [1.29, 1.82) is 0 Å². The number of carbonyl (C=O) groups is 1.